The van der Waals surface area contributed by atoms with E-state index in [1.54, 1.807) is 6.07 Å². The van der Waals surface area contributed by atoms with Gasteiger partial charge in [-0.15, -0.1) is 0 Å². The maximum absolute atomic E-state index is 12.4. The molecule has 2 rings (SSSR count). The Morgan fingerprint density at radius 1 is 1.29 bits per heavy atom. The molecule has 21 heavy (non-hydrogen) atoms. The number of amides is 2. The number of rotatable bonds is 4. The first-order chi connectivity index (χ1) is 9.97. The van der Waals surface area contributed by atoms with Gasteiger partial charge in [0.2, 0.25) is 0 Å². The van der Waals surface area contributed by atoms with Crippen molar-refractivity contribution in [3.05, 3.63) is 27.1 Å². The van der Waals surface area contributed by atoms with Gasteiger partial charge in [0.1, 0.15) is 6.54 Å². The van der Waals surface area contributed by atoms with Gasteiger partial charge in [-0.25, -0.2) is 4.79 Å². The molecule has 0 spiro atoms. The monoisotopic (exact) mass is 418 g/mol. The van der Waals surface area contributed by atoms with Crippen molar-refractivity contribution in [2.24, 2.45) is 0 Å². The number of carboxylic acids is 1. The molecule has 1 aliphatic carbocycles. The Bertz CT molecular complexity index is 545. The lowest BCUT2D eigenvalue weighted by Gasteiger charge is -2.27. The lowest BCUT2D eigenvalue weighted by atomic mass is 10.2. The standard InChI is InChI=1S/C14H16Br2N2O3/c15-9-5-6-11(16)12(7-9)17-14(21)18(8-13(19)20)10-3-1-2-4-10/h5-7,10H,1-4,8H2,(H,17,21)(H,19,20). The minimum absolute atomic E-state index is 0.00651. The number of benzene rings is 1. The molecule has 0 atom stereocenters. The first-order valence-electron chi connectivity index (χ1n) is 6.72. The Hall–Kier alpha value is -1.08. The third-order valence-corrected chi connectivity index (χ3v) is 4.69. The quantitative estimate of drug-likeness (QED) is 0.772. The molecular formula is C14H16Br2N2O3. The van der Waals surface area contributed by atoms with E-state index in [9.17, 15) is 9.59 Å². The summed E-state index contributed by atoms with van der Waals surface area (Å²) in [6, 6.07) is 5.08. The largest absolute Gasteiger partial charge is 0.480 e. The molecule has 2 amide bonds. The van der Waals surface area contributed by atoms with E-state index in [0.717, 1.165) is 34.6 Å². The molecule has 1 aromatic rings. The van der Waals surface area contributed by atoms with Gasteiger partial charge >= 0.3 is 12.0 Å². The Balaban J connectivity index is 2.13. The van der Waals surface area contributed by atoms with Crippen molar-refractivity contribution in [2.75, 3.05) is 11.9 Å². The molecule has 2 N–H and O–H groups in total. The van der Waals surface area contributed by atoms with Gasteiger partial charge in [-0.1, -0.05) is 28.8 Å². The summed E-state index contributed by atoms with van der Waals surface area (Å²) in [6.45, 7) is -0.276. The number of nitrogens with zero attached hydrogens (tertiary/aromatic N) is 1. The number of anilines is 1. The summed E-state index contributed by atoms with van der Waals surface area (Å²) in [4.78, 5) is 24.8. The van der Waals surface area contributed by atoms with E-state index in [4.69, 9.17) is 5.11 Å². The molecular weight excluding hydrogens is 404 g/mol. The Labute approximate surface area is 140 Å². The number of halogens is 2. The highest BCUT2D eigenvalue weighted by Gasteiger charge is 2.28. The lowest BCUT2D eigenvalue weighted by Crippen LogP contribution is -2.44. The molecule has 5 nitrogen and oxygen atoms in total. The fraction of sp³-hybridized carbons (Fsp3) is 0.429. The summed E-state index contributed by atoms with van der Waals surface area (Å²) in [7, 11) is 0. The summed E-state index contributed by atoms with van der Waals surface area (Å²) < 4.78 is 1.59. The number of urea groups is 1. The van der Waals surface area contributed by atoms with Gasteiger partial charge in [0, 0.05) is 15.0 Å². The van der Waals surface area contributed by atoms with Crippen LogP contribution in [0.15, 0.2) is 27.1 Å². The van der Waals surface area contributed by atoms with Gasteiger partial charge in [-0.2, -0.15) is 0 Å². The van der Waals surface area contributed by atoms with Crippen LogP contribution in [0.2, 0.25) is 0 Å². The van der Waals surface area contributed by atoms with Gasteiger partial charge in [-0.05, 0) is 47.0 Å². The summed E-state index contributed by atoms with van der Waals surface area (Å²) in [5.41, 5.74) is 0.614. The summed E-state index contributed by atoms with van der Waals surface area (Å²) in [5, 5.41) is 11.8. The van der Waals surface area contributed by atoms with Crippen LogP contribution in [-0.4, -0.2) is 34.6 Å². The maximum atomic E-state index is 12.4. The van der Waals surface area contributed by atoms with Crippen LogP contribution >= 0.6 is 31.9 Å². The second-order valence-electron chi connectivity index (χ2n) is 5.01. The van der Waals surface area contributed by atoms with E-state index in [1.807, 2.05) is 12.1 Å². The molecule has 114 valence electrons. The lowest BCUT2D eigenvalue weighted by molar-refractivity contribution is -0.138. The Morgan fingerprint density at radius 2 is 1.95 bits per heavy atom. The fourth-order valence-corrected chi connectivity index (χ4v) is 3.22. The molecule has 0 radical (unpaired) electrons. The zero-order valence-electron chi connectivity index (χ0n) is 11.3. The van der Waals surface area contributed by atoms with Crippen molar-refractivity contribution in [1.29, 1.82) is 0 Å². The van der Waals surface area contributed by atoms with E-state index in [1.165, 1.54) is 4.90 Å². The molecule has 0 aromatic heterocycles. The molecule has 0 heterocycles. The molecule has 1 fully saturated rings. The number of hydrogen-bond donors (Lipinski definition) is 2. The molecule has 1 aliphatic rings. The van der Waals surface area contributed by atoms with Gasteiger partial charge in [-0.3, -0.25) is 4.79 Å². The average molecular weight is 420 g/mol. The maximum Gasteiger partial charge on any atom is 0.323 e. The van der Waals surface area contributed by atoms with Gasteiger partial charge in [0.25, 0.3) is 0 Å². The number of carboxylic acid groups (broad SMARTS) is 1. The van der Waals surface area contributed by atoms with Gasteiger partial charge in [0.05, 0.1) is 5.69 Å². The average Bonchev–Trinajstić information content (AvgIpc) is 2.93. The van der Waals surface area contributed by atoms with Crippen molar-refractivity contribution in [3.63, 3.8) is 0 Å². The molecule has 0 saturated heterocycles. The first-order valence-corrected chi connectivity index (χ1v) is 8.30. The Kier molecular flexibility index (Phi) is 5.64. The van der Waals surface area contributed by atoms with Crippen molar-refractivity contribution in [2.45, 2.75) is 31.7 Å². The topological polar surface area (TPSA) is 69.6 Å². The summed E-state index contributed by atoms with van der Waals surface area (Å²) >= 11 is 6.72. The summed E-state index contributed by atoms with van der Waals surface area (Å²) in [6.07, 6.45) is 3.80. The number of aliphatic carboxylic acids is 1. The normalized spacial score (nSPS) is 15.0. The second kappa shape index (κ2) is 7.26. The predicted molar refractivity (Wildman–Crippen MR) is 87.5 cm³/mol. The SMILES string of the molecule is O=C(O)CN(C(=O)Nc1cc(Br)ccc1Br)C1CCCC1. The first kappa shape index (κ1) is 16.3. The predicted octanol–water partition coefficient (Wildman–Crippen LogP) is 4.07. The van der Waals surface area contributed by atoms with E-state index >= 15 is 0 Å². The molecule has 0 aliphatic heterocycles. The van der Waals surface area contributed by atoms with Crippen LogP contribution < -0.4 is 5.32 Å². The van der Waals surface area contributed by atoms with Gasteiger partial charge in [0.15, 0.2) is 0 Å². The Morgan fingerprint density at radius 3 is 2.57 bits per heavy atom. The van der Waals surface area contributed by atoms with Crippen molar-refractivity contribution in [3.8, 4) is 0 Å². The molecule has 0 bridgehead atoms. The van der Waals surface area contributed by atoms with Crippen LogP contribution in [0.3, 0.4) is 0 Å². The van der Waals surface area contributed by atoms with Crippen LogP contribution in [0.25, 0.3) is 0 Å². The zero-order chi connectivity index (χ0) is 15.4. The van der Waals surface area contributed by atoms with Crippen LogP contribution in [0.5, 0.6) is 0 Å². The molecule has 1 saturated carbocycles. The molecule has 1 aromatic carbocycles. The second-order valence-corrected chi connectivity index (χ2v) is 6.78. The molecule has 7 heteroatoms. The molecule has 0 unspecified atom stereocenters. The van der Waals surface area contributed by atoms with Crippen LogP contribution in [0.4, 0.5) is 10.5 Å². The zero-order valence-corrected chi connectivity index (χ0v) is 14.5. The minimum atomic E-state index is -0.995. The number of carbonyl (C=O) groups is 2. The minimum Gasteiger partial charge on any atom is -0.480 e. The van der Waals surface area contributed by atoms with Crippen LogP contribution in [0.1, 0.15) is 25.7 Å². The van der Waals surface area contributed by atoms with Crippen molar-refractivity contribution < 1.29 is 14.7 Å². The van der Waals surface area contributed by atoms with E-state index < -0.39 is 5.97 Å². The highest BCUT2D eigenvalue weighted by atomic mass is 79.9. The van der Waals surface area contributed by atoms with E-state index in [2.05, 4.69) is 37.2 Å². The van der Waals surface area contributed by atoms with E-state index in [0.29, 0.717) is 5.69 Å². The van der Waals surface area contributed by atoms with Crippen LogP contribution in [-0.2, 0) is 4.79 Å². The smallest absolute Gasteiger partial charge is 0.323 e. The summed E-state index contributed by atoms with van der Waals surface area (Å²) in [5.74, 6) is -0.995. The highest BCUT2D eigenvalue weighted by Crippen LogP contribution is 2.28. The van der Waals surface area contributed by atoms with Gasteiger partial charge < -0.3 is 15.3 Å². The highest BCUT2D eigenvalue weighted by molar-refractivity contribution is 9.11. The number of nitrogens with one attached hydrogen (secondary N) is 1. The van der Waals surface area contributed by atoms with Crippen molar-refractivity contribution >= 4 is 49.5 Å². The van der Waals surface area contributed by atoms with Crippen molar-refractivity contribution in [1.82, 2.24) is 4.90 Å². The number of carbonyl (C=O) groups excluding carboxylic acids is 1. The van der Waals surface area contributed by atoms with Crippen LogP contribution in [0, 0.1) is 0 Å². The third kappa shape index (κ3) is 4.44. The fourth-order valence-electron chi connectivity index (χ4n) is 2.51. The number of hydrogen-bond acceptors (Lipinski definition) is 2. The van der Waals surface area contributed by atoms with E-state index in [-0.39, 0.29) is 18.6 Å². The third-order valence-electron chi connectivity index (χ3n) is 3.50.